The smallest absolute Gasteiger partial charge is 0.335 e. The van der Waals surface area contributed by atoms with E-state index in [9.17, 15) is 9.90 Å². The van der Waals surface area contributed by atoms with Crippen LogP contribution in [0.2, 0.25) is 0 Å². The molecule has 2 heterocycles. The first-order chi connectivity index (χ1) is 16.0. The molecule has 190 valence electrons. The fourth-order valence-electron chi connectivity index (χ4n) is 6.01. The van der Waals surface area contributed by atoms with E-state index in [4.69, 9.17) is 0 Å². The summed E-state index contributed by atoms with van der Waals surface area (Å²) >= 11 is 0. The topological polar surface area (TPSA) is 51.1 Å². The van der Waals surface area contributed by atoms with Gasteiger partial charge in [0.1, 0.15) is 19.6 Å². The Morgan fingerprint density at radius 3 is 2.54 bits per heavy atom. The third kappa shape index (κ3) is 5.54. The lowest BCUT2D eigenvalue weighted by Crippen LogP contribution is -3.17. The molecule has 1 aliphatic carbocycles. The Balaban J connectivity index is 0.00000171. The van der Waals surface area contributed by atoms with Gasteiger partial charge in [-0.2, -0.15) is 0 Å². The van der Waals surface area contributed by atoms with E-state index in [1.165, 1.54) is 64.8 Å². The number of carboxylic acid groups (broad SMARTS) is 1. The first kappa shape index (κ1) is 27.5. The van der Waals surface area contributed by atoms with Crippen LogP contribution in [0.3, 0.4) is 0 Å². The van der Waals surface area contributed by atoms with Crippen molar-refractivity contribution in [1.82, 2.24) is 4.57 Å². The summed E-state index contributed by atoms with van der Waals surface area (Å²) in [6.45, 7) is 5.32. The number of likely N-dealkylation sites (N-methyl/N-ethyl adjacent to an activating group) is 1. The molecule has 35 heavy (non-hydrogen) atoms. The van der Waals surface area contributed by atoms with Crippen molar-refractivity contribution in [3.63, 3.8) is 0 Å². The van der Waals surface area contributed by atoms with E-state index >= 15 is 0 Å². The summed E-state index contributed by atoms with van der Waals surface area (Å²) in [5.41, 5.74) is 7.07. The molecule has 1 aromatic heterocycles. The standard InChI is InChI=1S/C28H35N3O2.2ClH/c1-29(2)14-15-30-16-17-31-25-18-21(28(32)33)12-13-24(25)26(20-8-4-3-5-9-20)27(31)23-11-7-6-10-22(23)19-30;;/h6-7,10-13,18,20H,3-5,8-9,14-17,19H2,1-2H3,(H,32,33);2*1H. The molecule has 0 radical (unpaired) electrons. The summed E-state index contributed by atoms with van der Waals surface area (Å²) in [5, 5.41) is 11.0. The van der Waals surface area contributed by atoms with Crippen molar-refractivity contribution >= 4 is 16.9 Å². The summed E-state index contributed by atoms with van der Waals surface area (Å²) in [4.78, 5) is 14.9. The van der Waals surface area contributed by atoms with Crippen molar-refractivity contribution in [2.45, 2.75) is 51.1 Å². The Morgan fingerprint density at radius 2 is 1.83 bits per heavy atom. The Kier molecular flexibility index (Phi) is 9.28. The molecular formula is C28H37Cl2N3O2. The zero-order chi connectivity index (χ0) is 22.9. The van der Waals surface area contributed by atoms with Gasteiger partial charge in [-0.1, -0.05) is 49.6 Å². The molecule has 2 aromatic carbocycles. The Labute approximate surface area is 220 Å². The van der Waals surface area contributed by atoms with Gasteiger partial charge in [-0.25, -0.2) is 4.79 Å². The van der Waals surface area contributed by atoms with Crippen molar-refractivity contribution in [1.29, 1.82) is 0 Å². The van der Waals surface area contributed by atoms with Gasteiger partial charge in [0.15, 0.2) is 0 Å². The van der Waals surface area contributed by atoms with Crippen molar-refractivity contribution in [2.24, 2.45) is 0 Å². The van der Waals surface area contributed by atoms with E-state index in [0.29, 0.717) is 11.5 Å². The lowest BCUT2D eigenvalue weighted by Gasteiger charge is -2.28. The number of aromatic carboxylic acids is 1. The van der Waals surface area contributed by atoms with Gasteiger partial charge in [0.25, 0.3) is 0 Å². The van der Waals surface area contributed by atoms with Crippen LogP contribution in [0, 0.1) is 0 Å². The molecule has 3 N–H and O–H groups in total. The van der Waals surface area contributed by atoms with E-state index in [0.717, 1.165) is 38.2 Å². The van der Waals surface area contributed by atoms with Gasteiger partial charge >= 0.3 is 5.97 Å². The maximum Gasteiger partial charge on any atom is 0.335 e. The van der Waals surface area contributed by atoms with E-state index in [1.807, 2.05) is 6.07 Å². The van der Waals surface area contributed by atoms with E-state index in [1.54, 1.807) is 11.0 Å². The molecule has 3 aromatic rings. The molecule has 5 nitrogen and oxygen atoms in total. The second-order valence-corrected chi connectivity index (χ2v) is 10.3. The summed E-state index contributed by atoms with van der Waals surface area (Å²) in [5.74, 6) is -0.291. The fraction of sp³-hybridized carbons (Fsp3) is 0.464. The van der Waals surface area contributed by atoms with Crippen LogP contribution < -0.4 is 34.6 Å². The zero-order valence-electron chi connectivity index (χ0n) is 20.7. The molecule has 0 bridgehead atoms. The van der Waals surface area contributed by atoms with Crippen LogP contribution in [0.4, 0.5) is 0 Å². The number of hydrogen-bond acceptors (Lipinski definition) is 1. The molecule has 0 spiro atoms. The molecule has 1 unspecified atom stereocenters. The lowest BCUT2D eigenvalue weighted by molar-refractivity contribution is -0.951. The van der Waals surface area contributed by atoms with Gasteiger partial charge < -0.3 is 44.3 Å². The number of nitrogens with zero attached hydrogens (tertiary/aromatic N) is 1. The normalized spacial score (nSPS) is 18.1. The second-order valence-electron chi connectivity index (χ2n) is 10.3. The van der Waals surface area contributed by atoms with Crippen LogP contribution >= 0.6 is 0 Å². The number of benzene rings is 2. The van der Waals surface area contributed by atoms with Crippen LogP contribution in [0.5, 0.6) is 0 Å². The van der Waals surface area contributed by atoms with Gasteiger partial charge in [-0.05, 0) is 36.5 Å². The predicted octanol–water partition coefficient (Wildman–Crippen LogP) is -3.39. The largest absolute Gasteiger partial charge is 1.00 e. The molecule has 2 aliphatic rings. The van der Waals surface area contributed by atoms with E-state index < -0.39 is 5.97 Å². The minimum Gasteiger partial charge on any atom is -1.00 e. The third-order valence-corrected chi connectivity index (χ3v) is 7.74. The molecule has 1 fully saturated rings. The van der Waals surface area contributed by atoms with Crippen LogP contribution in [-0.2, 0) is 13.1 Å². The number of rotatable bonds is 5. The Bertz CT molecular complexity index is 1170. The molecular weight excluding hydrogens is 481 g/mol. The highest BCUT2D eigenvalue weighted by molar-refractivity contribution is 5.98. The Morgan fingerprint density at radius 1 is 1.09 bits per heavy atom. The SMILES string of the molecule is C[NH+](C)CC[NH+]1CCn2c(c(C3CCCCC3)c3ccc(C(=O)O)cc32)-c2ccccc2C1.[Cl-].[Cl-]. The van der Waals surface area contributed by atoms with Gasteiger partial charge in [0, 0.05) is 22.0 Å². The molecule has 1 saturated carbocycles. The van der Waals surface area contributed by atoms with Crippen LogP contribution in [0.1, 0.15) is 59.5 Å². The minimum atomic E-state index is -0.848. The molecule has 5 rings (SSSR count). The maximum absolute atomic E-state index is 11.8. The number of carboxylic acids is 1. The second kappa shape index (κ2) is 11.8. The highest BCUT2D eigenvalue weighted by Crippen LogP contribution is 2.45. The number of nitrogens with one attached hydrogen (secondary N) is 2. The van der Waals surface area contributed by atoms with Crippen LogP contribution in [-0.4, -0.2) is 49.4 Å². The van der Waals surface area contributed by atoms with Gasteiger partial charge in [0.2, 0.25) is 0 Å². The fourth-order valence-corrected chi connectivity index (χ4v) is 6.01. The molecule has 1 aliphatic heterocycles. The lowest BCUT2D eigenvalue weighted by atomic mass is 9.81. The first-order valence-corrected chi connectivity index (χ1v) is 12.6. The molecule has 7 heteroatoms. The number of quaternary nitrogens is 2. The average molecular weight is 519 g/mol. The van der Waals surface area contributed by atoms with Crippen molar-refractivity contribution < 1.29 is 44.5 Å². The maximum atomic E-state index is 11.8. The molecule has 0 saturated heterocycles. The summed E-state index contributed by atoms with van der Waals surface area (Å²) in [6, 6.07) is 14.7. The highest BCUT2D eigenvalue weighted by atomic mass is 35.5. The van der Waals surface area contributed by atoms with Crippen molar-refractivity contribution in [3.05, 3.63) is 59.2 Å². The van der Waals surface area contributed by atoms with Crippen molar-refractivity contribution in [3.8, 4) is 11.3 Å². The minimum absolute atomic E-state index is 0. The van der Waals surface area contributed by atoms with E-state index in [-0.39, 0.29) is 24.8 Å². The van der Waals surface area contributed by atoms with Crippen LogP contribution in [0.25, 0.3) is 22.2 Å². The first-order valence-electron chi connectivity index (χ1n) is 12.6. The summed E-state index contributed by atoms with van der Waals surface area (Å²) < 4.78 is 2.46. The molecule has 0 amide bonds. The van der Waals surface area contributed by atoms with E-state index in [2.05, 4.69) is 49.0 Å². The summed E-state index contributed by atoms with van der Waals surface area (Å²) in [6.07, 6.45) is 6.37. The Hall–Kier alpha value is -2.05. The van der Waals surface area contributed by atoms with Gasteiger partial charge in [0.05, 0.1) is 38.4 Å². The number of fused-ring (bicyclic) bond motifs is 5. The predicted molar refractivity (Wildman–Crippen MR) is 132 cm³/mol. The van der Waals surface area contributed by atoms with Crippen LogP contribution in [0.15, 0.2) is 42.5 Å². The number of halogens is 2. The highest BCUT2D eigenvalue weighted by Gasteiger charge is 2.30. The number of carbonyl (C=O) groups is 1. The van der Waals surface area contributed by atoms with Gasteiger partial charge in [-0.15, -0.1) is 0 Å². The molecule has 1 atom stereocenters. The number of aromatic nitrogens is 1. The van der Waals surface area contributed by atoms with Gasteiger partial charge in [-0.3, -0.25) is 0 Å². The zero-order valence-corrected chi connectivity index (χ0v) is 22.3. The quantitative estimate of drug-likeness (QED) is 0.330. The average Bonchev–Trinajstić information content (AvgIpc) is 3.13. The third-order valence-electron chi connectivity index (χ3n) is 7.74. The van der Waals surface area contributed by atoms with Crippen molar-refractivity contribution in [2.75, 3.05) is 33.7 Å². The monoisotopic (exact) mass is 517 g/mol. The summed E-state index contributed by atoms with van der Waals surface area (Å²) in [7, 11) is 4.44. The number of hydrogen-bond donors (Lipinski definition) is 3.